The van der Waals surface area contributed by atoms with E-state index in [9.17, 15) is 9.30 Å². The normalized spacial score (nSPS) is 11.1. The van der Waals surface area contributed by atoms with Crippen LogP contribution in [0.4, 0.5) is 10.1 Å². The van der Waals surface area contributed by atoms with Gasteiger partial charge in [0, 0.05) is 10.8 Å². The lowest BCUT2D eigenvalue weighted by molar-refractivity contribution is 0.635. The molecule has 4 aromatic rings. The molecule has 0 aliphatic rings. The van der Waals surface area contributed by atoms with E-state index in [1.165, 1.54) is 6.07 Å². The number of hydrogen-bond donors (Lipinski definition) is 0. The van der Waals surface area contributed by atoms with E-state index in [-0.39, 0.29) is 11.5 Å². The number of benzene rings is 3. The van der Waals surface area contributed by atoms with Gasteiger partial charge in [0.1, 0.15) is 11.5 Å². The SMILES string of the molecule is O=Nc1ccccc1-n1c2ccccc2c2cccc(F)c21. The Bertz CT molecular complexity index is 1020. The minimum absolute atomic E-state index is 0.286. The maximum Gasteiger partial charge on any atom is 0.147 e. The highest BCUT2D eigenvalue weighted by Gasteiger charge is 2.17. The van der Waals surface area contributed by atoms with Gasteiger partial charge in [-0.05, 0) is 29.4 Å². The smallest absolute Gasteiger partial charge is 0.147 e. The third kappa shape index (κ3) is 1.67. The summed E-state index contributed by atoms with van der Waals surface area (Å²) in [4.78, 5) is 11.1. The van der Waals surface area contributed by atoms with Crippen LogP contribution >= 0.6 is 0 Å². The quantitative estimate of drug-likeness (QED) is 0.460. The van der Waals surface area contributed by atoms with Crippen LogP contribution in [0, 0.1) is 10.7 Å². The zero-order valence-electron chi connectivity index (χ0n) is 11.5. The largest absolute Gasteiger partial charge is 0.304 e. The second kappa shape index (κ2) is 4.77. The monoisotopic (exact) mass is 290 g/mol. The van der Waals surface area contributed by atoms with Crippen LogP contribution in [0.1, 0.15) is 0 Å². The first-order chi connectivity index (χ1) is 10.8. The molecule has 0 amide bonds. The Balaban J connectivity index is 2.27. The van der Waals surface area contributed by atoms with Crippen molar-refractivity contribution < 1.29 is 4.39 Å². The molecule has 0 atom stereocenters. The first kappa shape index (κ1) is 12.7. The Morgan fingerprint density at radius 3 is 2.41 bits per heavy atom. The van der Waals surface area contributed by atoms with E-state index in [1.54, 1.807) is 28.8 Å². The summed E-state index contributed by atoms with van der Waals surface area (Å²) in [6.07, 6.45) is 0. The van der Waals surface area contributed by atoms with Gasteiger partial charge in [0.2, 0.25) is 0 Å². The maximum atomic E-state index is 14.5. The zero-order chi connectivity index (χ0) is 15.1. The van der Waals surface area contributed by atoms with E-state index in [4.69, 9.17) is 0 Å². The number of halogens is 1. The molecule has 22 heavy (non-hydrogen) atoms. The third-order valence-corrected chi connectivity index (χ3v) is 3.87. The fraction of sp³-hybridized carbons (Fsp3) is 0. The van der Waals surface area contributed by atoms with Crippen molar-refractivity contribution in [3.05, 3.63) is 77.5 Å². The summed E-state index contributed by atoms with van der Waals surface area (Å²) in [7, 11) is 0. The predicted octanol–water partition coefficient (Wildman–Crippen LogP) is 5.32. The molecule has 0 fully saturated rings. The molecule has 0 aliphatic heterocycles. The molecule has 0 aliphatic carbocycles. The van der Waals surface area contributed by atoms with Crippen molar-refractivity contribution in [2.45, 2.75) is 0 Å². The highest BCUT2D eigenvalue weighted by molar-refractivity contribution is 6.09. The summed E-state index contributed by atoms with van der Waals surface area (Å²) < 4.78 is 16.2. The summed E-state index contributed by atoms with van der Waals surface area (Å²) in [6.45, 7) is 0. The lowest BCUT2D eigenvalue weighted by Gasteiger charge is -2.09. The summed E-state index contributed by atoms with van der Waals surface area (Å²) in [5.41, 5.74) is 2.17. The standard InChI is InChI=1S/C18H11FN2O/c19-14-8-5-7-13-12-6-1-3-10-16(12)21(18(13)14)17-11-4-2-9-15(17)20-22/h1-11H. The van der Waals surface area contributed by atoms with Gasteiger partial charge >= 0.3 is 0 Å². The fourth-order valence-corrected chi connectivity index (χ4v) is 2.96. The number of nitrogens with zero attached hydrogens (tertiary/aromatic N) is 2. The van der Waals surface area contributed by atoms with Gasteiger partial charge in [0.15, 0.2) is 0 Å². The van der Waals surface area contributed by atoms with Crippen molar-refractivity contribution >= 4 is 27.5 Å². The molecule has 0 saturated carbocycles. The van der Waals surface area contributed by atoms with Gasteiger partial charge in [-0.1, -0.05) is 42.5 Å². The maximum absolute atomic E-state index is 14.5. The molecule has 3 nitrogen and oxygen atoms in total. The van der Waals surface area contributed by atoms with E-state index in [1.807, 2.05) is 36.4 Å². The Kier molecular flexibility index (Phi) is 2.76. The van der Waals surface area contributed by atoms with Gasteiger partial charge in [0.05, 0.1) is 16.7 Å². The molecule has 4 rings (SSSR count). The lowest BCUT2D eigenvalue weighted by atomic mass is 10.1. The minimum Gasteiger partial charge on any atom is -0.304 e. The van der Waals surface area contributed by atoms with Crippen LogP contribution in [0.5, 0.6) is 0 Å². The molecule has 1 aromatic heterocycles. The van der Waals surface area contributed by atoms with Crippen molar-refractivity contribution in [3.8, 4) is 5.69 Å². The molecule has 0 bridgehead atoms. The van der Waals surface area contributed by atoms with Gasteiger partial charge in [-0.3, -0.25) is 0 Å². The number of fused-ring (bicyclic) bond motifs is 3. The van der Waals surface area contributed by atoms with Gasteiger partial charge in [-0.2, -0.15) is 0 Å². The van der Waals surface area contributed by atoms with Crippen LogP contribution in [0.15, 0.2) is 71.9 Å². The molecule has 0 radical (unpaired) electrons. The van der Waals surface area contributed by atoms with Crippen LogP contribution in [-0.2, 0) is 0 Å². The zero-order valence-corrected chi connectivity index (χ0v) is 11.5. The average Bonchev–Trinajstić information content (AvgIpc) is 2.91. The van der Waals surface area contributed by atoms with E-state index in [2.05, 4.69) is 5.18 Å². The number of nitroso groups, excluding NO2 is 1. The third-order valence-electron chi connectivity index (χ3n) is 3.87. The number of para-hydroxylation sites is 3. The molecular weight excluding hydrogens is 279 g/mol. The molecule has 0 unspecified atom stereocenters. The molecule has 0 N–H and O–H groups in total. The van der Waals surface area contributed by atoms with Crippen molar-refractivity contribution in [2.75, 3.05) is 0 Å². The predicted molar refractivity (Wildman–Crippen MR) is 86.2 cm³/mol. The molecule has 1 heterocycles. The van der Waals surface area contributed by atoms with Gasteiger partial charge in [-0.25, -0.2) is 4.39 Å². The summed E-state index contributed by atoms with van der Waals surface area (Å²) >= 11 is 0. The number of hydrogen-bond acceptors (Lipinski definition) is 2. The highest BCUT2D eigenvalue weighted by Crippen LogP contribution is 2.36. The van der Waals surface area contributed by atoms with Crippen molar-refractivity contribution in [1.29, 1.82) is 0 Å². The Morgan fingerprint density at radius 1 is 0.818 bits per heavy atom. The van der Waals surface area contributed by atoms with Crippen molar-refractivity contribution in [3.63, 3.8) is 0 Å². The molecule has 0 saturated heterocycles. The second-order valence-corrected chi connectivity index (χ2v) is 5.07. The van der Waals surface area contributed by atoms with Crippen LogP contribution < -0.4 is 0 Å². The Hall–Kier alpha value is -3.01. The lowest BCUT2D eigenvalue weighted by Crippen LogP contribution is -1.95. The van der Waals surface area contributed by atoms with E-state index in [0.717, 1.165) is 16.3 Å². The molecule has 106 valence electrons. The number of aromatic nitrogens is 1. The van der Waals surface area contributed by atoms with E-state index < -0.39 is 0 Å². The van der Waals surface area contributed by atoms with Crippen molar-refractivity contribution in [2.24, 2.45) is 5.18 Å². The summed E-state index contributed by atoms with van der Waals surface area (Å²) in [5, 5.41) is 4.83. The fourth-order valence-electron chi connectivity index (χ4n) is 2.96. The topological polar surface area (TPSA) is 34.4 Å². The van der Waals surface area contributed by atoms with Crippen LogP contribution in [-0.4, -0.2) is 4.57 Å². The van der Waals surface area contributed by atoms with E-state index in [0.29, 0.717) is 11.2 Å². The molecule has 0 spiro atoms. The van der Waals surface area contributed by atoms with Gasteiger partial charge in [0.25, 0.3) is 0 Å². The first-order valence-electron chi connectivity index (χ1n) is 6.91. The Morgan fingerprint density at radius 2 is 1.55 bits per heavy atom. The van der Waals surface area contributed by atoms with Gasteiger partial charge < -0.3 is 4.57 Å². The number of rotatable bonds is 2. The molecule has 4 heteroatoms. The van der Waals surface area contributed by atoms with Gasteiger partial charge in [-0.15, -0.1) is 4.91 Å². The minimum atomic E-state index is -0.325. The van der Waals surface area contributed by atoms with Crippen LogP contribution in [0.3, 0.4) is 0 Å². The van der Waals surface area contributed by atoms with Crippen LogP contribution in [0.2, 0.25) is 0 Å². The average molecular weight is 290 g/mol. The highest BCUT2D eigenvalue weighted by atomic mass is 19.1. The summed E-state index contributed by atoms with van der Waals surface area (Å²) in [5.74, 6) is -0.325. The second-order valence-electron chi connectivity index (χ2n) is 5.07. The van der Waals surface area contributed by atoms with E-state index >= 15 is 0 Å². The summed E-state index contributed by atoms with van der Waals surface area (Å²) in [6, 6.07) is 19.6. The first-order valence-corrected chi connectivity index (χ1v) is 6.91. The van der Waals surface area contributed by atoms with Crippen LogP contribution in [0.25, 0.3) is 27.5 Å². The van der Waals surface area contributed by atoms with Crippen molar-refractivity contribution in [1.82, 2.24) is 4.57 Å². The Labute approximate surface area is 125 Å². The molecular formula is C18H11FN2O. The molecule has 3 aromatic carbocycles.